The molecule has 1 amide bonds. The molecule has 6 atom stereocenters. The third-order valence-corrected chi connectivity index (χ3v) is 8.60. The van der Waals surface area contributed by atoms with Gasteiger partial charge in [0.05, 0.1) is 10.9 Å². The fraction of sp³-hybridized carbons (Fsp3) is 0.696. The number of piperidine rings is 2. The van der Waals surface area contributed by atoms with Gasteiger partial charge in [0.15, 0.2) is 5.96 Å². The summed E-state index contributed by atoms with van der Waals surface area (Å²) >= 11 is 0. The lowest BCUT2D eigenvalue weighted by Gasteiger charge is -2.39. The van der Waals surface area contributed by atoms with Gasteiger partial charge in [-0.1, -0.05) is 26.0 Å². The highest BCUT2D eigenvalue weighted by atomic mass is 32.2. The fourth-order valence-corrected chi connectivity index (χ4v) is 6.73. The van der Waals surface area contributed by atoms with Crippen molar-refractivity contribution in [2.75, 3.05) is 19.6 Å². The number of carboxylic acids is 1. The van der Waals surface area contributed by atoms with Gasteiger partial charge >= 0.3 is 5.97 Å². The zero-order valence-corrected chi connectivity index (χ0v) is 21.2. The van der Waals surface area contributed by atoms with Crippen LogP contribution >= 0.6 is 0 Å². The van der Waals surface area contributed by atoms with Crippen molar-refractivity contribution in [3.05, 3.63) is 23.1 Å². The summed E-state index contributed by atoms with van der Waals surface area (Å²) in [5.74, 6) is -1.08. The Kier molecular flexibility index (Phi) is 8.94. The highest BCUT2D eigenvalue weighted by molar-refractivity contribution is 7.93. The van der Waals surface area contributed by atoms with Crippen molar-refractivity contribution in [1.29, 1.82) is 0 Å². The zero-order valence-electron chi connectivity index (χ0n) is 20.4. The Labute approximate surface area is 207 Å². The maximum atomic E-state index is 13.5. The second-order valence-corrected chi connectivity index (χ2v) is 11.7. The Balaban J connectivity index is 1.82. The quantitative estimate of drug-likeness (QED) is 0.165. The third-order valence-electron chi connectivity index (χ3n) is 7.00. The van der Waals surface area contributed by atoms with Crippen molar-refractivity contribution in [1.82, 2.24) is 14.9 Å². The van der Waals surface area contributed by atoms with Crippen LogP contribution in [0.2, 0.25) is 0 Å². The summed E-state index contributed by atoms with van der Waals surface area (Å²) in [5.41, 5.74) is 10.8. The highest BCUT2D eigenvalue weighted by Crippen LogP contribution is 2.32. The van der Waals surface area contributed by atoms with E-state index < -0.39 is 34.0 Å². The number of rotatable bonds is 9. The maximum Gasteiger partial charge on any atom is 0.326 e. The van der Waals surface area contributed by atoms with E-state index >= 15 is 0 Å². The first-order chi connectivity index (χ1) is 16.5. The molecule has 0 bridgehead atoms. The van der Waals surface area contributed by atoms with Crippen LogP contribution in [0.1, 0.15) is 46.0 Å². The largest absolute Gasteiger partial charge is 0.480 e. The lowest BCUT2D eigenvalue weighted by atomic mass is 9.83. The van der Waals surface area contributed by atoms with Gasteiger partial charge in [0, 0.05) is 13.1 Å². The molecule has 2 heterocycles. The van der Waals surface area contributed by atoms with E-state index in [1.54, 1.807) is 12.2 Å². The molecule has 35 heavy (non-hydrogen) atoms. The zero-order chi connectivity index (χ0) is 25.8. The molecule has 2 aliphatic heterocycles. The predicted molar refractivity (Wildman–Crippen MR) is 134 cm³/mol. The number of carboxylic acid groups (broad SMARTS) is 1. The van der Waals surface area contributed by atoms with Crippen molar-refractivity contribution in [2.24, 2.45) is 34.2 Å². The number of likely N-dealkylation sites (tertiary alicyclic amines) is 1. The van der Waals surface area contributed by atoms with Crippen molar-refractivity contribution >= 4 is 27.9 Å². The Morgan fingerprint density at radius 3 is 2.71 bits per heavy atom. The number of sulfonamides is 1. The second-order valence-electron chi connectivity index (χ2n) is 9.98. The van der Waals surface area contributed by atoms with Crippen LogP contribution in [0, 0.1) is 17.8 Å². The molecule has 196 valence electrons. The Morgan fingerprint density at radius 1 is 1.29 bits per heavy atom. The number of aliphatic carboxylic acids is 1. The minimum atomic E-state index is -4.04. The molecule has 1 aliphatic carbocycles. The monoisotopic (exact) mass is 510 g/mol. The van der Waals surface area contributed by atoms with Crippen LogP contribution in [-0.2, 0) is 19.6 Å². The normalized spacial score (nSPS) is 29.6. The Morgan fingerprint density at radius 2 is 2.03 bits per heavy atom. The predicted octanol–water partition coefficient (Wildman–Crippen LogP) is 0.108. The van der Waals surface area contributed by atoms with E-state index in [2.05, 4.69) is 22.0 Å². The van der Waals surface area contributed by atoms with Crippen LogP contribution in [0.4, 0.5) is 0 Å². The van der Waals surface area contributed by atoms with Crippen LogP contribution in [-0.4, -0.2) is 74.0 Å². The minimum Gasteiger partial charge on any atom is -0.480 e. The number of guanidine groups is 1. The molecule has 12 heteroatoms. The first kappa shape index (κ1) is 27.2. The number of carbonyl (C=O) groups is 2. The van der Waals surface area contributed by atoms with Crippen LogP contribution in [0.3, 0.4) is 0 Å². The first-order valence-corrected chi connectivity index (χ1v) is 13.7. The molecule has 3 aliphatic rings. The van der Waals surface area contributed by atoms with Crippen molar-refractivity contribution in [3.8, 4) is 0 Å². The second kappa shape index (κ2) is 11.5. The number of nitrogens with zero attached hydrogens (tertiary/aromatic N) is 2. The summed E-state index contributed by atoms with van der Waals surface area (Å²) < 4.78 is 29.6. The van der Waals surface area contributed by atoms with E-state index in [9.17, 15) is 23.1 Å². The van der Waals surface area contributed by atoms with Crippen LogP contribution in [0.5, 0.6) is 0 Å². The number of carbonyl (C=O) groups excluding carboxylic acids is 1. The minimum absolute atomic E-state index is 0.0475. The topological polar surface area (TPSA) is 180 Å². The molecule has 0 aromatic rings. The number of fused-ring (bicyclic) bond motifs is 1. The van der Waals surface area contributed by atoms with Gasteiger partial charge in [0.1, 0.15) is 12.1 Å². The summed E-state index contributed by atoms with van der Waals surface area (Å²) in [7, 11) is -4.04. The van der Waals surface area contributed by atoms with Crippen molar-refractivity contribution in [3.63, 3.8) is 0 Å². The van der Waals surface area contributed by atoms with Crippen LogP contribution < -0.4 is 21.5 Å². The molecular formula is C23H38N6O5S. The molecule has 11 nitrogen and oxygen atoms in total. The summed E-state index contributed by atoms with van der Waals surface area (Å²) in [6, 6.07) is -2.48. The van der Waals surface area contributed by atoms with Gasteiger partial charge < -0.3 is 26.8 Å². The maximum absolute atomic E-state index is 13.5. The molecule has 0 aromatic carbocycles. The Bertz CT molecular complexity index is 990. The molecule has 0 spiro atoms. The number of aliphatic imine (C=N–C) groups is 1. The van der Waals surface area contributed by atoms with E-state index in [0.29, 0.717) is 31.7 Å². The average molecular weight is 511 g/mol. The first-order valence-electron chi connectivity index (χ1n) is 12.2. The third kappa shape index (κ3) is 6.83. The van der Waals surface area contributed by atoms with Gasteiger partial charge in [-0.25, -0.2) is 13.2 Å². The summed E-state index contributed by atoms with van der Waals surface area (Å²) in [6.07, 6.45) is 7.66. The number of hydrogen-bond acceptors (Lipinski definition) is 6. The summed E-state index contributed by atoms with van der Waals surface area (Å²) in [6.45, 7) is 5.26. The molecule has 0 radical (unpaired) electrons. The molecule has 0 saturated carbocycles. The van der Waals surface area contributed by atoms with Gasteiger partial charge in [0.25, 0.3) is 0 Å². The molecule has 2 fully saturated rings. The van der Waals surface area contributed by atoms with Gasteiger partial charge in [-0.05, 0) is 62.5 Å². The van der Waals surface area contributed by atoms with Crippen LogP contribution in [0.15, 0.2) is 28.1 Å². The van der Waals surface area contributed by atoms with Crippen molar-refractivity contribution in [2.45, 2.75) is 64.1 Å². The molecule has 0 aromatic heterocycles. The standard InChI is InChI=1S/C23H38N6O5S/c1-14-8-10-29(18(12-14)22(31)32)21(30)17(6-4-9-26-23(24)25)28-35(33,34)19-7-3-5-16-11-15(2)13-27-20(16)19/h3,5,7,14-18,20,27-28H,4,6,8-13H2,1-2H3,(H,31,32)(H4,24,25,26)/t14?,15?,16?,17-,18+,20?/m0/s1. The van der Waals surface area contributed by atoms with Crippen LogP contribution in [0.25, 0.3) is 0 Å². The number of hydrogen-bond donors (Lipinski definition) is 5. The summed E-state index contributed by atoms with van der Waals surface area (Å²) in [5, 5.41) is 13.0. The van der Waals surface area contributed by atoms with E-state index in [4.69, 9.17) is 11.5 Å². The summed E-state index contributed by atoms with van der Waals surface area (Å²) in [4.78, 5) is 30.8. The van der Waals surface area contributed by atoms with Gasteiger partial charge in [-0.2, -0.15) is 4.72 Å². The molecule has 7 N–H and O–H groups in total. The van der Waals surface area contributed by atoms with Gasteiger partial charge in [0.2, 0.25) is 15.9 Å². The smallest absolute Gasteiger partial charge is 0.326 e. The average Bonchev–Trinajstić information content (AvgIpc) is 2.79. The van der Waals surface area contributed by atoms with E-state index in [-0.39, 0.29) is 48.3 Å². The number of nitrogens with two attached hydrogens (primary N) is 2. The lowest BCUT2D eigenvalue weighted by molar-refractivity contribution is -0.153. The number of nitrogens with one attached hydrogen (secondary N) is 2. The SMILES string of the molecule is CC1CNC2C(S(=O)(=O)N[C@@H](CCCN=C(N)N)C(=O)N3CCC(C)C[C@@H]3C(=O)O)=CC=CC2C1. The Hall–Kier alpha value is -2.44. The van der Waals surface area contributed by atoms with Crippen molar-refractivity contribution < 1.29 is 23.1 Å². The van der Waals surface area contributed by atoms with Gasteiger partial charge in [-0.3, -0.25) is 9.79 Å². The molecule has 4 unspecified atom stereocenters. The molecule has 2 saturated heterocycles. The number of allylic oxidation sites excluding steroid dienone is 2. The van der Waals surface area contributed by atoms with E-state index in [0.717, 1.165) is 6.42 Å². The molecule has 3 rings (SSSR count). The fourth-order valence-electron chi connectivity index (χ4n) is 5.15. The highest BCUT2D eigenvalue weighted by Gasteiger charge is 2.41. The lowest BCUT2D eigenvalue weighted by Crippen LogP contribution is -2.57. The van der Waals surface area contributed by atoms with Gasteiger partial charge in [-0.15, -0.1) is 0 Å². The molecular weight excluding hydrogens is 472 g/mol. The van der Waals surface area contributed by atoms with E-state index in [1.165, 1.54) is 4.90 Å². The number of amides is 1. The van der Waals surface area contributed by atoms with E-state index in [1.807, 2.05) is 13.0 Å².